The number of aromatic nitrogens is 1. The van der Waals surface area contributed by atoms with Crippen molar-refractivity contribution in [3.8, 4) is 0 Å². The summed E-state index contributed by atoms with van der Waals surface area (Å²) in [5.74, 6) is 0.399. The summed E-state index contributed by atoms with van der Waals surface area (Å²) in [5, 5.41) is 14.2. The van der Waals surface area contributed by atoms with Crippen LogP contribution in [0.1, 0.15) is 34.7 Å². The van der Waals surface area contributed by atoms with Crippen LogP contribution in [0.3, 0.4) is 0 Å². The maximum Gasteiger partial charge on any atom is 0.255 e. The molecule has 1 amide bonds. The van der Waals surface area contributed by atoms with Gasteiger partial charge in [-0.1, -0.05) is 35.3 Å². The summed E-state index contributed by atoms with van der Waals surface area (Å²) in [6.07, 6.45) is 3.08. The number of aliphatic hydroxyl groups is 1. The molecule has 6 nitrogen and oxygen atoms in total. The number of anilines is 3. The lowest BCUT2D eigenvalue weighted by molar-refractivity contribution is 0.000736. The number of carbonyl (C=O) groups excluding carboxylic acids is 1. The predicted octanol–water partition coefficient (Wildman–Crippen LogP) is 5.84. The molecule has 1 fully saturated rings. The summed E-state index contributed by atoms with van der Waals surface area (Å²) < 4.78 is 13.3. The van der Waals surface area contributed by atoms with E-state index in [1.54, 1.807) is 41.4 Å². The monoisotopic (exact) mass is 502 g/mol. The molecular formula is C25H25Cl2FN4O2. The zero-order valence-corrected chi connectivity index (χ0v) is 19.9. The largest absolute Gasteiger partial charge is 0.395 e. The second-order valence-electron chi connectivity index (χ2n) is 8.11. The second-order valence-corrected chi connectivity index (χ2v) is 8.93. The smallest absolute Gasteiger partial charge is 0.255 e. The molecule has 1 aliphatic rings. The van der Waals surface area contributed by atoms with Gasteiger partial charge in [-0.05, 0) is 66.8 Å². The first-order valence-electron chi connectivity index (χ1n) is 11.1. The first kappa shape index (κ1) is 24.4. The minimum absolute atomic E-state index is 0.159. The minimum atomic E-state index is -0.301. The lowest BCUT2D eigenvalue weighted by Crippen LogP contribution is -2.26. The van der Waals surface area contributed by atoms with Crippen molar-refractivity contribution in [2.24, 2.45) is 0 Å². The Balaban J connectivity index is 1.56. The molecule has 9 heteroatoms. The number of benzene rings is 2. The third-order valence-corrected chi connectivity index (χ3v) is 6.49. The van der Waals surface area contributed by atoms with Gasteiger partial charge in [0, 0.05) is 37.1 Å². The molecule has 0 atom stereocenters. The summed E-state index contributed by atoms with van der Waals surface area (Å²) in [6.45, 7) is 0.869. The van der Waals surface area contributed by atoms with Crippen molar-refractivity contribution in [1.82, 2.24) is 10.1 Å². The number of piperidine rings is 1. The first-order valence-corrected chi connectivity index (χ1v) is 11.8. The molecule has 2 aromatic carbocycles. The highest BCUT2D eigenvalue weighted by Gasteiger charge is 2.21. The van der Waals surface area contributed by atoms with Gasteiger partial charge in [-0.2, -0.15) is 0 Å². The number of rotatable bonds is 7. The van der Waals surface area contributed by atoms with Crippen LogP contribution >= 0.6 is 23.2 Å². The van der Waals surface area contributed by atoms with Gasteiger partial charge >= 0.3 is 0 Å². The van der Waals surface area contributed by atoms with Gasteiger partial charge < -0.3 is 15.3 Å². The number of amides is 1. The van der Waals surface area contributed by atoms with E-state index in [2.05, 4.69) is 10.3 Å². The number of carbonyl (C=O) groups is 1. The van der Waals surface area contributed by atoms with Gasteiger partial charge in [-0.25, -0.2) is 4.98 Å². The van der Waals surface area contributed by atoms with Crippen LogP contribution in [0.5, 0.6) is 0 Å². The highest BCUT2D eigenvalue weighted by molar-refractivity contribution is 6.35. The van der Waals surface area contributed by atoms with Crippen LogP contribution in [0.15, 0.2) is 60.8 Å². The van der Waals surface area contributed by atoms with Gasteiger partial charge in [0.15, 0.2) is 5.82 Å². The number of aliphatic hydroxyl groups excluding tert-OH is 1. The fourth-order valence-electron chi connectivity index (χ4n) is 4.13. The Bertz CT molecular complexity index is 1160. The summed E-state index contributed by atoms with van der Waals surface area (Å²) in [7, 11) is 0. The van der Waals surface area contributed by atoms with Crippen molar-refractivity contribution in [1.29, 1.82) is 0 Å². The van der Waals surface area contributed by atoms with Crippen LogP contribution in [0.4, 0.5) is 21.7 Å². The van der Waals surface area contributed by atoms with Gasteiger partial charge in [0.25, 0.3) is 5.91 Å². The number of nitrogens with one attached hydrogen (secondary N) is 1. The van der Waals surface area contributed by atoms with Gasteiger partial charge in [0.2, 0.25) is 0 Å². The Hall–Kier alpha value is -2.71. The normalized spacial score (nSPS) is 14.7. The van der Waals surface area contributed by atoms with E-state index < -0.39 is 0 Å². The van der Waals surface area contributed by atoms with Gasteiger partial charge in [-0.3, -0.25) is 4.79 Å². The van der Waals surface area contributed by atoms with E-state index in [4.69, 9.17) is 23.2 Å². The Labute approximate surface area is 207 Å². The van der Waals surface area contributed by atoms with Crippen LogP contribution in [0.25, 0.3) is 0 Å². The zero-order valence-electron chi connectivity index (χ0n) is 18.4. The van der Waals surface area contributed by atoms with Crippen molar-refractivity contribution < 1.29 is 14.4 Å². The van der Waals surface area contributed by atoms with E-state index in [-0.39, 0.29) is 25.0 Å². The quantitative estimate of drug-likeness (QED) is 0.397. The molecule has 2 heterocycles. The third-order valence-electron chi connectivity index (χ3n) is 5.87. The van der Waals surface area contributed by atoms with Gasteiger partial charge in [0.1, 0.15) is 0 Å². The first-order chi connectivity index (χ1) is 16.5. The fraction of sp³-hybridized carbons (Fsp3) is 0.280. The summed E-state index contributed by atoms with van der Waals surface area (Å²) in [4.78, 5) is 19.1. The Morgan fingerprint density at radius 1 is 1.12 bits per heavy atom. The fourth-order valence-corrected chi connectivity index (χ4v) is 4.58. The van der Waals surface area contributed by atoms with E-state index in [0.717, 1.165) is 23.5 Å². The lowest BCUT2D eigenvalue weighted by Gasteiger charge is -2.26. The van der Waals surface area contributed by atoms with E-state index in [9.17, 15) is 14.4 Å². The Kier molecular flexibility index (Phi) is 8.00. The van der Waals surface area contributed by atoms with Crippen LogP contribution in [-0.4, -0.2) is 47.4 Å². The number of nitrogens with zero attached hydrogens (tertiary/aromatic N) is 3. The van der Waals surface area contributed by atoms with E-state index in [1.807, 2.05) is 24.3 Å². The van der Waals surface area contributed by atoms with Crippen molar-refractivity contribution in [3.63, 3.8) is 0 Å². The molecule has 4 rings (SSSR count). The molecule has 1 aromatic heterocycles. The standard InChI is InChI=1S/C25H25Cl2FN4O2/c26-21-7-6-19(16-23(21)32(13-14-33)24-22(27)5-2-10-29-24)25(34)30-20-4-1-3-18(15-20)17-8-11-31(28)12-9-17/h1-7,10,15-17,33H,8-9,11-14H2,(H,30,34). The molecule has 0 spiro atoms. The molecule has 3 aromatic rings. The van der Waals surface area contributed by atoms with E-state index >= 15 is 0 Å². The lowest BCUT2D eigenvalue weighted by atomic mass is 9.90. The maximum absolute atomic E-state index is 13.3. The second kappa shape index (κ2) is 11.1. The van der Waals surface area contributed by atoms with Crippen LogP contribution in [0.2, 0.25) is 10.0 Å². The summed E-state index contributed by atoms with van der Waals surface area (Å²) in [6, 6.07) is 16.0. The van der Waals surface area contributed by atoms with Crippen LogP contribution < -0.4 is 10.2 Å². The Morgan fingerprint density at radius 2 is 1.91 bits per heavy atom. The van der Waals surface area contributed by atoms with E-state index in [1.165, 1.54) is 0 Å². The predicted molar refractivity (Wildman–Crippen MR) is 134 cm³/mol. The molecule has 0 bridgehead atoms. The molecule has 0 aliphatic carbocycles. The molecule has 0 unspecified atom stereocenters. The van der Waals surface area contributed by atoms with Crippen molar-refractivity contribution >= 4 is 46.3 Å². The minimum Gasteiger partial charge on any atom is -0.395 e. The summed E-state index contributed by atoms with van der Waals surface area (Å²) in [5.41, 5.74) is 2.66. The zero-order chi connectivity index (χ0) is 24.1. The SMILES string of the molecule is O=C(Nc1cccc(C2CCN(F)CC2)c1)c1ccc(Cl)c(N(CCO)c2ncccc2Cl)c1. The van der Waals surface area contributed by atoms with Gasteiger partial charge in [-0.15, -0.1) is 9.60 Å². The molecule has 1 saturated heterocycles. The van der Waals surface area contributed by atoms with Crippen molar-refractivity contribution in [2.75, 3.05) is 36.5 Å². The third kappa shape index (κ3) is 5.67. The molecular weight excluding hydrogens is 478 g/mol. The molecule has 178 valence electrons. The van der Waals surface area contributed by atoms with Crippen molar-refractivity contribution in [3.05, 3.63) is 82.0 Å². The molecule has 0 saturated carbocycles. The maximum atomic E-state index is 13.3. The number of halogens is 3. The Morgan fingerprint density at radius 3 is 2.65 bits per heavy atom. The topological polar surface area (TPSA) is 68.7 Å². The van der Waals surface area contributed by atoms with Crippen LogP contribution in [-0.2, 0) is 0 Å². The van der Waals surface area contributed by atoms with Crippen molar-refractivity contribution in [2.45, 2.75) is 18.8 Å². The highest BCUT2D eigenvalue weighted by Crippen LogP contribution is 2.35. The number of pyridine rings is 1. The molecule has 1 aliphatic heterocycles. The average molecular weight is 503 g/mol. The molecule has 2 N–H and O–H groups in total. The highest BCUT2D eigenvalue weighted by atomic mass is 35.5. The number of hydrogen-bond acceptors (Lipinski definition) is 5. The molecule has 0 radical (unpaired) electrons. The van der Waals surface area contributed by atoms with Crippen LogP contribution in [0, 0.1) is 0 Å². The van der Waals surface area contributed by atoms with E-state index in [0.29, 0.717) is 45.9 Å². The summed E-state index contributed by atoms with van der Waals surface area (Å²) >= 11 is 12.8. The average Bonchev–Trinajstić information content (AvgIpc) is 2.84. The van der Waals surface area contributed by atoms with Gasteiger partial charge in [0.05, 0.1) is 22.3 Å². The number of hydrogen-bond donors (Lipinski definition) is 2. The molecule has 34 heavy (non-hydrogen) atoms.